The maximum Gasteiger partial charge on any atom is 0.341 e. The van der Waals surface area contributed by atoms with Crippen molar-refractivity contribution in [2.24, 2.45) is 5.16 Å². The number of carbonyl (C=O) groups is 2. The molecule has 0 saturated carbocycles. The van der Waals surface area contributed by atoms with Gasteiger partial charge in [0.25, 0.3) is 5.91 Å². The number of amides is 1. The van der Waals surface area contributed by atoms with E-state index in [0.29, 0.717) is 31.7 Å². The zero-order valence-corrected chi connectivity index (χ0v) is 18.9. The second kappa shape index (κ2) is 8.19. The summed E-state index contributed by atoms with van der Waals surface area (Å²) in [5, 5.41) is 13.8. The lowest BCUT2D eigenvalue weighted by molar-refractivity contribution is -0.0656. The Hall–Kier alpha value is -3.82. The second-order valence-corrected chi connectivity index (χ2v) is 8.92. The third-order valence-corrected chi connectivity index (χ3v) is 6.96. The van der Waals surface area contributed by atoms with Crippen molar-refractivity contribution in [3.63, 3.8) is 0 Å². The first-order valence-electron chi connectivity index (χ1n) is 11.1. The molecule has 178 valence electrons. The molecular weight excluding hydrogens is 442 g/mol. The van der Waals surface area contributed by atoms with Crippen molar-refractivity contribution in [1.82, 2.24) is 9.47 Å². The number of hydrogen-bond donors (Lipinski definition) is 1. The molecule has 0 radical (unpaired) electrons. The molecule has 3 atom stereocenters. The highest BCUT2D eigenvalue weighted by molar-refractivity contribution is 5.98. The summed E-state index contributed by atoms with van der Waals surface area (Å²) in [5.41, 5.74) is -1.32. The Kier molecular flexibility index (Phi) is 5.30. The first kappa shape index (κ1) is 22.0. The number of carboxylic acid groups (broad SMARTS) is 1. The van der Waals surface area contributed by atoms with E-state index in [9.17, 15) is 19.5 Å². The minimum absolute atomic E-state index is 0.0121. The lowest BCUT2D eigenvalue weighted by Crippen LogP contribution is -2.52. The van der Waals surface area contributed by atoms with Crippen LogP contribution in [-0.4, -0.2) is 57.6 Å². The van der Waals surface area contributed by atoms with Gasteiger partial charge in [-0.1, -0.05) is 35.5 Å². The number of oxime groups is 1. The van der Waals surface area contributed by atoms with Crippen molar-refractivity contribution in [2.45, 2.75) is 50.5 Å². The van der Waals surface area contributed by atoms with E-state index in [1.165, 1.54) is 13.3 Å². The van der Waals surface area contributed by atoms with Gasteiger partial charge in [-0.2, -0.15) is 0 Å². The zero-order chi connectivity index (χ0) is 24.0. The zero-order valence-electron chi connectivity index (χ0n) is 18.9. The van der Waals surface area contributed by atoms with E-state index in [-0.39, 0.29) is 30.0 Å². The van der Waals surface area contributed by atoms with Gasteiger partial charge in [-0.15, -0.1) is 0 Å². The predicted octanol–water partition coefficient (Wildman–Crippen LogP) is 2.42. The first-order valence-corrected chi connectivity index (χ1v) is 11.1. The molecule has 1 amide bonds. The number of aromatic nitrogens is 1. The van der Waals surface area contributed by atoms with E-state index in [4.69, 9.17) is 14.3 Å². The number of hydrogen-bond acceptors (Lipinski definition) is 7. The molecule has 4 heterocycles. The summed E-state index contributed by atoms with van der Waals surface area (Å²) in [4.78, 5) is 46.4. The number of carboxylic acids is 1. The van der Waals surface area contributed by atoms with Crippen LogP contribution in [0.3, 0.4) is 0 Å². The molecule has 10 heteroatoms. The summed E-state index contributed by atoms with van der Waals surface area (Å²) in [5.74, 6) is -1.60. The van der Waals surface area contributed by atoms with Crippen LogP contribution >= 0.6 is 0 Å². The fourth-order valence-electron chi connectivity index (χ4n) is 5.03. The molecule has 1 saturated heterocycles. The fourth-order valence-corrected chi connectivity index (χ4v) is 5.03. The molecule has 10 nitrogen and oxygen atoms in total. The third-order valence-electron chi connectivity index (χ3n) is 6.96. The van der Waals surface area contributed by atoms with Crippen LogP contribution in [0.15, 0.2) is 46.5 Å². The summed E-state index contributed by atoms with van der Waals surface area (Å²) >= 11 is 0. The number of pyridine rings is 1. The van der Waals surface area contributed by atoms with Gasteiger partial charge in [-0.25, -0.2) is 4.79 Å². The summed E-state index contributed by atoms with van der Waals surface area (Å²) in [7, 11) is 1.51. The lowest BCUT2D eigenvalue weighted by Gasteiger charge is -2.41. The van der Waals surface area contributed by atoms with Crippen LogP contribution in [0.25, 0.3) is 0 Å². The van der Waals surface area contributed by atoms with E-state index < -0.39 is 28.6 Å². The lowest BCUT2D eigenvalue weighted by atomic mass is 9.85. The molecule has 3 aliphatic rings. The van der Waals surface area contributed by atoms with Gasteiger partial charge in [0.15, 0.2) is 17.0 Å². The molecule has 5 rings (SSSR count). The van der Waals surface area contributed by atoms with Gasteiger partial charge in [0.2, 0.25) is 11.3 Å². The van der Waals surface area contributed by atoms with Crippen LogP contribution < -0.4 is 10.2 Å². The SMILES string of the molecule is COC1=NO[C@@]2(CC[C@H](C)N3C[C@H]2n2cc(C(=O)O)c(=O)c(OCc4ccccc4)c2C3=O)C1. The van der Waals surface area contributed by atoms with Crippen LogP contribution in [0.5, 0.6) is 5.75 Å². The first-order chi connectivity index (χ1) is 16.3. The van der Waals surface area contributed by atoms with Crippen LogP contribution in [0.2, 0.25) is 0 Å². The average Bonchev–Trinajstić information content (AvgIpc) is 3.21. The maximum absolute atomic E-state index is 13.6. The Morgan fingerprint density at radius 2 is 2.06 bits per heavy atom. The van der Waals surface area contributed by atoms with E-state index in [0.717, 1.165) is 5.56 Å². The molecule has 34 heavy (non-hydrogen) atoms. The molecular formula is C24H25N3O7. The van der Waals surface area contributed by atoms with Gasteiger partial charge in [0, 0.05) is 18.8 Å². The van der Waals surface area contributed by atoms with E-state index in [2.05, 4.69) is 5.16 Å². The van der Waals surface area contributed by atoms with Crippen molar-refractivity contribution < 1.29 is 29.0 Å². The van der Waals surface area contributed by atoms with Crippen molar-refractivity contribution in [1.29, 1.82) is 0 Å². The fraction of sp³-hybridized carbons (Fsp3) is 0.417. The van der Waals surface area contributed by atoms with E-state index in [1.54, 1.807) is 9.47 Å². The summed E-state index contributed by atoms with van der Waals surface area (Å²) < 4.78 is 12.7. The summed E-state index contributed by atoms with van der Waals surface area (Å²) in [6.07, 6.45) is 2.84. The van der Waals surface area contributed by atoms with Gasteiger partial charge in [-0.05, 0) is 25.3 Å². The number of carbonyl (C=O) groups excluding carboxylic acids is 1. The standard InChI is InChI=1S/C24H25N3O7/c1-14-8-9-24(10-18(32-2)25-34-24)17-12-26(14)22(29)19-21(33-13-15-6-4-3-5-7-15)20(28)16(23(30)31)11-27(17)19/h3-7,11,14,17H,8-10,12-13H2,1-2H3,(H,30,31)/t14-,17+,24-/m0/s1. The molecule has 2 bridgehead atoms. The van der Waals surface area contributed by atoms with Crippen molar-refractivity contribution in [3.05, 3.63) is 63.6 Å². The number of aromatic carboxylic acids is 1. The average molecular weight is 467 g/mol. The van der Waals surface area contributed by atoms with Gasteiger partial charge >= 0.3 is 5.97 Å². The van der Waals surface area contributed by atoms with Crippen LogP contribution in [0, 0.1) is 0 Å². The van der Waals surface area contributed by atoms with Crippen molar-refractivity contribution in [3.8, 4) is 5.75 Å². The molecule has 0 aliphatic carbocycles. The molecule has 1 spiro atoms. The topological polar surface area (TPSA) is 120 Å². The van der Waals surface area contributed by atoms with Crippen LogP contribution in [0.1, 0.15) is 58.6 Å². The quantitative estimate of drug-likeness (QED) is 0.733. The van der Waals surface area contributed by atoms with Crippen LogP contribution in [-0.2, 0) is 16.2 Å². The Labute approximate surface area is 195 Å². The summed E-state index contributed by atoms with van der Waals surface area (Å²) in [6, 6.07) is 8.55. The largest absolute Gasteiger partial charge is 0.483 e. The molecule has 0 unspecified atom stereocenters. The number of fused-ring (bicyclic) bond motifs is 5. The Bertz CT molecular complexity index is 1240. The van der Waals surface area contributed by atoms with Gasteiger partial charge in [0.05, 0.1) is 19.6 Å². The highest BCUT2D eigenvalue weighted by Crippen LogP contribution is 2.46. The number of benzene rings is 1. The normalized spacial score (nSPS) is 25.3. The Morgan fingerprint density at radius 3 is 2.74 bits per heavy atom. The Balaban J connectivity index is 1.68. The number of rotatable bonds is 4. The highest BCUT2D eigenvalue weighted by atomic mass is 16.7. The third kappa shape index (κ3) is 3.41. The van der Waals surface area contributed by atoms with Crippen molar-refractivity contribution >= 4 is 17.8 Å². The van der Waals surface area contributed by atoms with Gasteiger partial charge in [-0.3, -0.25) is 9.59 Å². The minimum Gasteiger partial charge on any atom is -0.483 e. The molecule has 2 aromatic rings. The maximum atomic E-state index is 13.6. The van der Waals surface area contributed by atoms with Gasteiger partial charge in [0.1, 0.15) is 12.2 Å². The molecule has 1 aromatic heterocycles. The predicted molar refractivity (Wildman–Crippen MR) is 120 cm³/mol. The Morgan fingerprint density at radius 1 is 1.29 bits per heavy atom. The van der Waals surface area contributed by atoms with E-state index in [1.807, 2.05) is 37.3 Å². The smallest absolute Gasteiger partial charge is 0.341 e. The molecule has 1 N–H and O–H groups in total. The number of methoxy groups -OCH3 is 1. The number of nitrogens with zero attached hydrogens (tertiary/aromatic N) is 3. The molecule has 1 fully saturated rings. The summed E-state index contributed by atoms with van der Waals surface area (Å²) in [6.45, 7) is 2.25. The van der Waals surface area contributed by atoms with Crippen LogP contribution in [0.4, 0.5) is 0 Å². The number of ether oxygens (including phenoxy) is 2. The molecule has 1 aromatic carbocycles. The minimum atomic E-state index is -1.39. The second-order valence-electron chi connectivity index (χ2n) is 8.92. The monoisotopic (exact) mass is 467 g/mol. The van der Waals surface area contributed by atoms with E-state index >= 15 is 0 Å². The van der Waals surface area contributed by atoms with Gasteiger partial charge < -0.3 is 28.9 Å². The van der Waals surface area contributed by atoms with Crippen molar-refractivity contribution in [2.75, 3.05) is 13.7 Å². The molecule has 3 aliphatic heterocycles. The highest BCUT2D eigenvalue weighted by Gasteiger charge is 2.54.